The van der Waals surface area contributed by atoms with Gasteiger partial charge in [0.2, 0.25) is 6.41 Å². The fourth-order valence-corrected chi connectivity index (χ4v) is 4.33. The average Bonchev–Trinajstić information content (AvgIpc) is 3.34. The Morgan fingerprint density at radius 1 is 1.40 bits per heavy atom. The second-order valence-electron chi connectivity index (χ2n) is 7.26. The highest BCUT2D eigenvalue weighted by atomic mass is 35.5. The predicted octanol–water partition coefficient (Wildman–Crippen LogP) is 3.78. The number of methoxy groups -OCH3 is 1. The van der Waals surface area contributed by atoms with E-state index in [1.54, 1.807) is 11.6 Å². The Morgan fingerprint density at radius 3 is 2.83 bits per heavy atom. The number of thiazole rings is 1. The van der Waals surface area contributed by atoms with Crippen molar-refractivity contribution in [3.8, 4) is 0 Å². The van der Waals surface area contributed by atoms with E-state index in [9.17, 15) is 18.0 Å². The molecule has 1 aliphatic heterocycles. The minimum absolute atomic E-state index is 0.0814. The van der Waals surface area contributed by atoms with Crippen LogP contribution in [0, 0.1) is 11.2 Å². The number of amides is 1. The first-order chi connectivity index (χ1) is 16.8. The van der Waals surface area contributed by atoms with Gasteiger partial charge in [-0.1, -0.05) is 17.7 Å². The van der Waals surface area contributed by atoms with Crippen LogP contribution in [0.1, 0.15) is 23.0 Å². The monoisotopic (exact) mass is 526 g/mol. The normalized spacial score (nSPS) is 16.7. The SMILES string of the molecule is COCC(CC1=C(C(=N)/C=C\NC(F)F)[C@H](c2ccc(F)cc2Cl)N=C(c2nccs2)N1)NC=O. The van der Waals surface area contributed by atoms with E-state index in [1.807, 2.05) is 5.32 Å². The van der Waals surface area contributed by atoms with Crippen LogP contribution in [0.4, 0.5) is 13.2 Å². The Kier molecular flexibility index (Phi) is 9.40. The van der Waals surface area contributed by atoms with E-state index in [1.165, 1.54) is 30.6 Å². The molecule has 0 fully saturated rings. The van der Waals surface area contributed by atoms with Crippen molar-refractivity contribution in [2.24, 2.45) is 4.99 Å². The summed E-state index contributed by atoms with van der Waals surface area (Å²) in [6, 6.07) is 2.44. The summed E-state index contributed by atoms with van der Waals surface area (Å²) in [5.74, 6) is -0.164. The molecular weight excluding hydrogens is 505 g/mol. The zero-order valence-corrected chi connectivity index (χ0v) is 20.0. The van der Waals surface area contributed by atoms with Gasteiger partial charge < -0.3 is 26.1 Å². The van der Waals surface area contributed by atoms with E-state index in [-0.39, 0.29) is 23.8 Å². The van der Waals surface area contributed by atoms with Crippen molar-refractivity contribution in [2.45, 2.75) is 25.1 Å². The molecule has 0 radical (unpaired) electrons. The van der Waals surface area contributed by atoms with Gasteiger partial charge in [0.05, 0.1) is 18.4 Å². The predicted molar refractivity (Wildman–Crippen MR) is 128 cm³/mol. The number of aromatic nitrogens is 1. The number of benzene rings is 1. The van der Waals surface area contributed by atoms with Crippen LogP contribution in [0.15, 0.2) is 58.3 Å². The van der Waals surface area contributed by atoms with Crippen LogP contribution in [0.2, 0.25) is 5.02 Å². The molecule has 3 rings (SSSR count). The molecule has 2 aromatic rings. The van der Waals surface area contributed by atoms with Crippen molar-refractivity contribution in [2.75, 3.05) is 13.7 Å². The molecule has 1 amide bonds. The van der Waals surface area contributed by atoms with E-state index < -0.39 is 24.5 Å². The molecule has 0 saturated carbocycles. The number of carbonyl (C=O) groups is 1. The van der Waals surface area contributed by atoms with E-state index in [4.69, 9.17) is 26.7 Å². The maximum Gasteiger partial charge on any atom is 0.312 e. The van der Waals surface area contributed by atoms with Crippen molar-refractivity contribution in [1.82, 2.24) is 20.9 Å². The van der Waals surface area contributed by atoms with Gasteiger partial charge in [0, 0.05) is 53.2 Å². The summed E-state index contributed by atoms with van der Waals surface area (Å²) in [5, 5.41) is 18.7. The van der Waals surface area contributed by atoms with Gasteiger partial charge >= 0.3 is 6.55 Å². The zero-order valence-electron chi connectivity index (χ0n) is 18.4. The first-order valence-electron chi connectivity index (χ1n) is 10.2. The lowest BCUT2D eigenvalue weighted by atomic mass is 9.90. The number of aliphatic imine (C=N–C) groups is 1. The molecule has 8 nitrogen and oxygen atoms in total. The summed E-state index contributed by atoms with van der Waals surface area (Å²) in [6.45, 7) is -2.64. The van der Waals surface area contributed by atoms with E-state index in [0.29, 0.717) is 34.1 Å². The van der Waals surface area contributed by atoms with Gasteiger partial charge in [0.1, 0.15) is 11.9 Å². The fourth-order valence-electron chi connectivity index (χ4n) is 3.47. The lowest BCUT2D eigenvalue weighted by Crippen LogP contribution is -2.39. The number of halogens is 4. The largest absolute Gasteiger partial charge is 0.383 e. The molecule has 2 atom stereocenters. The fraction of sp³-hybridized carbons (Fsp3) is 0.273. The van der Waals surface area contributed by atoms with E-state index in [0.717, 1.165) is 18.3 Å². The van der Waals surface area contributed by atoms with E-state index in [2.05, 4.69) is 15.6 Å². The Labute approximate surface area is 208 Å². The van der Waals surface area contributed by atoms with Crippen molar-refractivity contribution in [1.29, 1.82) is 5.41 Å². The van der Waals surface area contributed by atoms with Crippen LogP contribution in [0.25, 0.3) is 0 Å². The molecule has 2 heterocycles. The number of ether oxygens (including phenoxy) is 1. The van der Waals surface area contributed by atoms with E-state index >= 15 is 0 Å². The highest BCUT2D eigenvalue weighted by Crippen LogP contribution is 2.37. The Balaban J connectivity index is 2.16. The molecule has 0 aliphatic carbocycles. The highest BCUT2D eigenvalue weighted by molar-refractivity contribution is 7.11. The molecule has 1 aromatic heterocycles. The Bertz CT molecular complexity index is 1140. The van der Waals surface area contributed by atoms with Gasteiger partial charge in [-0.15, -0.1) is 11.3 Å². The van der Waals surface area contributed by atoms with Gasteiger partial charge in [0.15, 0.2) is 10.8 Å². The van der Waals surface area contributed by atoms with Crippen LogP contribution in [0.5, 0.6) is 0 Å². The van der Waals surface area contributed by atoms with Crippen molar-refractivity contribution in [3.63, 3.8) is 0 Å². The maximum absolute atomic E-state index is 13.8. The third-order valence-corrected chi connectivity index (χ3v) is 6.01. The number of rotatable bonds is 12. The standard InChI is InChI=1S/C22H22ClF3N6O2S/c1-34-10-13(30-11-33)9-17-18(16(27)4-5-29-22(25)26)19(14-3-2-12(24)8-15(14)23)32-20(31-17)21-28-6-7-35-21/h2-8,11,13,19,22,27,29H,9-10H2,1H3,(H,30,33)(H,31,32)/b5-4-,27-16?/t13?,19-/m0/s1. The molecule has 13 heteroatoms. The van der Waals surface area contributed by atoms with Crippen LogP contribution in [-0.4, -0.2) is 49.2 Å². The summed E-state index contributed by atoms with van der Waals surface area (Å²) >= 11 is 7.68. The number of allylic oxidation sites excluding steroid dienone is 1. The molecular formula is C22H22ClF3N6O2S. The average molecular weight is 527 g/mol. The number of amidine groups is 1. The second-order valence-corrected chi connectivity index (χ2v) is 8.56. The smallest absolute Gasteiger partial charge is 0.312 e. The van der Waals surface area contributed by atoms with Gasteiger partial charge in [0.25, 0.3) is 0 Å². The molecule has 186 valence electrons. The third kappa shape index (κ3) is 6.90. The molecule has 4 N–H and O–H groups in total. The van der Waals surface area contributed by atoms with Gasteiger partial charge in [-0.05, 0) is 18.2 Å². The number of hydrogen-bond acceptors (Lipinski definition) is 8. The van der Waals surface area contributed by atoms with Crippen LogP contribution < -0.4 is 16.0 Å². The molecule has 1 aromatic carbocycles. The first-order valence-corrected chi connectivity index (χ1v) is 11.5. The van der Waals surface area contributed by atoms with Crippen molar-refractivity contribution >= 4 is 40.9 Å². The molecule has 35 heavy (non-hydrogen) atoms. The summed E-state index contributed by atoms with van der Waals surface area (Å²) in [5.41, 5.74) is 1.04. The Hall–Kier alpha value is -3.22. The maximum atomic E-state index is 13.8. The van der Waals surface area contributed by atoms with Gasteiger partial charge in [-0.3, -0.25) is 9.79 Å². The lowest BCUT2D eigenvalue weighted by Gasteiger charge is -2.30. The van der Waals surface area contributed by atoms with Crippen LogP contribution in [-0.2, 0) is 9.53 Å². The third-order valence-electron chi connectivity index (χ3n) is 4.90. The van der Waals surface area contributed by atoms with Crippen molar-refractivity contribution < 1.29 is 22.7 Å². The first kappa shape index (κ1) is 26.4. The quantitative estimate of drug-likeness (QED) is 0.191. The Morgan fingerprint density at radius 2 is 2.20 bits per heavy atom. The van der Waals surface area contributed by atoms with Crippen LogP contribution in [0.3, 0.4) is 0 Å². The zero-order chi connectivity index (χ0) is 25.4. The topological polar surface area (TPSA) is 111 Å². The number of alkyl halides is 2. The summed E-state index contributed by atoms with van der Waals surface area (Å²) < 4.78 is 44.2. The number of carbonyl (C=O) groups excluding carboxylic acids is 1. The number of nitrogens with zero attached hydrogens (tertiary/aromatic N) is 2. The minimum atomic E-state index is -2.81. The van der Waals surface area contributed by atoms with Gasteiger partial charge in [-0.25, -0.2) is 9.37 Å². The summed E-state index contributed by atoms with van der Waals surface area (Å²) in [6.07, 6.45) is 4.44. The number of hydrogen-bond donors (Lipinski definition) is 4. The molecule has 1 unspecified atom stereocenters. The van der Waals surface area contributed by atoms with Crippen molar-refractivity contribution in [3.05, 3.63) is 74.7 Å². The molecule has 0 saturated heterocycles. The summed E-state index contributed by atoms with van der Waals surface area (Å²) in [7, 11) is 1.48. The number of nitrogens with one attached hydrogen (secondary N) is 4. The van der Waals surface area contributed by atoms with Crippen LogP contribution >= 0.6 is 22.9 Å². The lowest BCUT2D eigenvalue weighted by molar-refractivity contribution is -0.110. The second kappa shape index (κ2) is 12.5. The highest BCUT2D eigenvalue weighted by Gasteiger charge is 2.31. The molecule has 1 aliphatic rings. The minimum Gasteiger partial charge on any atom is -0.383 e. The van der Waals surface area contributed by atoms with Gasteiger partial charge in [-0.2, -0.15) is 8.78 Å². The molecule has 0 spiro atoms. The molecule has 0 bridgehead atoms. The summed E-state index contributed by atoms with van der Waals surface area (Å²) in [4.78, 5) is 20.1.